The zero-order chi connectivity index (χ0) is 17.3. The summed E-state index contributed by atoms with van der Waals surface area (Å²) in [5, 5.41) is 0.476. The Balaban J connectivity index is 2.42. The van der Waals surface area contributed by atoms with Crippen molar-refractivity contribution in [3.63, 3.8) is 0 Å². The Morgan fingerprint density at radius 2 is 1.67 bits per heavy atom. The van der Waals surface area contributed by atoms with Crippen LogP contribution in [0.3, 0.4) is 0 Å². The number of primary amides is 1. The summed E-state index contributed by atoms with van der Waals surface area (Å²) in [6, 6.07) is 15.7. The molecule has 0 saturated carbocycles. The summed E-state index contributed by atoms with van der Waals surface area (Å²) in [7, 11) is 0. The topological polar surface area (TPSA) is 78.0 Å². The fourth-order valence-corrected chi connectivity index (χ4v) is 2.95. The van der Waals surface area contributed by atoms with Gasteiger partial charge in [0.25, 0.3) is 5.56 Å². The van der Waals surface area contributed by atoms with Crippen molar-refractivity contribution in [3.8, 4) is 11.4 Å². The highest BCUT2D eigenvalue weighted by molar-refractivity contribution is 5.83. The maximum Gasteiger partial charge on any atom is 0.262 e. The number of hydrogen-bond acceptors (Lipinski definition) is 3. The van der Waals surface area contributed by atoms with Gasteiger partial charge in [-0.25, -0.2) is 4.98 Å². The SMILES string of the molecule is CC(C)C(C(N)=O)n1c(-c2ccccc2)nc2ccccc2c1=O. The molecule has 0 radical (unpaired) electrons. The average molecular weight is 321 g/mol. The van der Waals surface area contributed by atoms with Crippen LogP contribution in [0.1, 0.15) is 19.9 Å². The minimum Gasteiger partial charge on any atom is -0.368 e. The normalized spacial score (nSPS) is 12.5. The molecule has 0 aliphatic heterocycles. The van der Waals surface area contributed by atoms with E-state index in [2.05, 4.69) is 4.98 Å². The van der Waals surface area contributed by atoms with Gasteiger partial charge >= 0.3 is 0 Å². The molecule has 2 aromatic carbocycles. The summed E-state index contributed by atoms with van der Waals surface area (Å²) in [6.07, 6.45) is 0. The van der Waals surface area contributed by atoms with E-state index >= 15 is 0 Å². The predicted octanol–water partition coefficient (Wildman–Crippen LogP) is 2.75. The Hall–Kier alpha value is -2.95. The van der Waals surface area contributed by atoms with Crippen LogP contribution in [0.2, 0.25) is 0 Å². The number of nitrogens with zero attached hydrogens (tertiary/aromatic N) is 2. The van der Waals surface area contributed by atoms with Crippen LogP contribution < -0.4 is 11.3 Å². The Kier molecular flexibility index (Phi) is 4.16. The van der Waals surface area contributed by atoms with E-state index in [1.807, 2.05) is 50.2 Å². The zero-order valence-corrected chi connectivity index (χ0v) is 13.6. The van der Waals surface area contributed by atoms with Crippen molar-refractivity contribution in [2.75, 3.05) is 0 Å². The number of fused-ring (bicyclic) bond motifs is 1. The smallest absolute Gasteiger partial charge is 0.262 e. The van der Waals surface area contributed by atoms with Crippen LogP contribution in [0.4, 0.5) is 0 Å². The van der Waals surface area contributed by atoms with Crippen LogP contribution in [0.15, 0.2) is 59.4 Å². The lowest BCUT2D eigenvalue weighted by Crippen LogP contribution is -2.38. The minimum atomic E-state index is -0.759. The lowest BCUT2D eigenvalue weighted by Gasteiger charge is -2.23. The summed E-state index contributed by atoms with van der Waals surface area (Å²) >= 11 is 0. The molecule has 0 spiro atoms. The van der Waals surface area contributed by atoms with E-state index in [0.29, 0.717) is 16.7 Å². The summed E-state index contributed by atoms with van der Waals surface area (Å²) in [5.41, 5.74) is 6.72. The second kappa shape index (κ2) is 6.28. The van der Waals surface area contributed by atoms with Crippen LogP contribution in [-0.2, 0) is 4.79 Å². The first-order valence-corrected chi connectivity index (χ1v) is 7.86. The van der Waals surface area contributed by atoms with Crippen molar-refractivity contribution < 1.29 is 4.79 Å². The van der Waals surface area contributed by atoms with Crippen molar-refractivity contribution in [1.82, 2.24) is 9.55 Å². The molecular weight excluding hydrogens is 302 g/mol. The Morgan fingerprint density at radius 1 is 1.04 bits per heavy atom. The van der Waals surface area contributed by atoms with Crippen molar-refractivity contribution >= 4 is 16.8 Å². The minimum absolute atomic E-state index is 0.134. The summed E-state index contributed by atoms with van der Waals surface area (Å²) in [4.78, 5) is 29.8. The molecule has 1 amide bonds. The summed E-state index contributed by atoms with van der Waals surface area (Å²) in [5.74, 6) is -0.219. The fourth-order valence-electron chi connectivity index (χ4n) is 2.95. The summed E-state index contributed by atoms with van der Waals surface area (Å²) < 4.78 is 1.44. The van der Waals surface area contributed by atoms with E-state index in [4.69, 9.17) is 5.73 Å². The molecule has 0 aliphatic carbocycles. The molecular formula is C19H19N3O2. The number of carbonyl (C=O) groups is 1. The molecule has 0 aliphatic rings. The average Bonchev–Trinajstić information content (AvgIpc) is 2.57. The molecule has 1 atom stereocenters. The summed E-state index contributed by atoms with van der Waals surface area (Å²) in [6.45, 7) is 3.73. The van der Waals surface area contributed by atoms with E-state index < -0.39 is 11.9 Å². The van der Waals surface area contributed by atoms with Gasteiger partial charge in [0.2, 0.25) is 5.91 Å². The number of amides is 1. The highest BCUT2D eigenvalue weighted by atomic mass is 16.2. The van der Waals surface area contributed by atoms with Gasteiger partial charge in [0.1, 0.15) is 11.9 Å². The van der Waals surface area contributed by atoms with Gasteiger partial charge < -0.3 is 5.73 Å². The predicted molar refractivity (Wildman–Crippen MR) is 94.5 cm³/mol. The van der Waals surface area contributed by atoms with Gasteiger partial charge in [-0.3, -0.25) is 14.2 Å². The van der Waals surface area contributed by atoms with Crippen molar-refractivity contribution in [2.24, 2.45) is 11.7 Å². The third-order valence-electron chi connectivity index (χ3n) is 4.04. The number of aromatic nitrogens is 2. The third-order valence-corrected chi connectivity index (χ3v) is 4.04. The van der Waals surface area contributed by atoms with E-state index in [1.54, 1.807) is 18.2 Å². The van der Waals surface area contributed by atoms with Crippen LogP contribution >= 0.6 is 0 Å². The van der Waals surface area contributed by atoms with Crippen molar-refractivity contribution in [1.29, 1.82) is 0 Å². The molecule has 5 heteroatoms. The number of benzene rings is 2. The molecule has 0 fully saturated rings. The van der Waals surface area contributed by atoms with Crippen LogP contribution in [0.5, 0.6) is 0 Å². The van der Waals surface area contributed by atoms with Crippen molar-refractivity contribution in [3.05, 3.63) is 65.0 Å². The van der Waals surface area contributed by atoms with Gasteiger partial charge in [0, 0.05) is 5.56 Å². The van der Waals surface area contributed by atoms with E-state index in [0.717, 1.165) is 5.56 Å². The molecule has 1 aromatic heterocycles. The van der Waals surface area contributed by atoms with E-state index in [9.17, 15) is 9.59 Å². The molecule has 2 N–H and O–H groups in total. The number of rotatable bonds is 4. The van der Waals surface area contributed by atoms with Gasteiger partial charge in [0.15, 0.2) is 0 Å². The van der Waals surface area contributed by atoms with Crippen molar-refractivity contribution in [2.45, 2.75) is 19.9 Å². The van der Waals surface area contributed by atoms with Gasteiger partial charge in [-0.05, 0) is 18.1 Å². The van der Waals surface area contributed by atoms with Crippen LogP contribution in [0.25, 0.3) is 22.3 Å². The number of nitrogens with two attached hydrogens (primary N) is 1. The number of carbonyl (C=O) groups excluding carboxylic acids is 1. The van der Waals surface area contributed by atoms with Gasteiger partial charge in [-0.15, -0.1) is 0 Å². The molecule has 3 aromatic rings. The number of hydrogen-bond donors (Lipinski definition) is 1. The second-order valence-corrected chi connectivity index (χ2v) is 6.08. The first-order valence-electron chi connectivity index (χ1n) is 7.86. The van der Waals surface area contributed by atoms with Crippen LogP contribution in [-0.4, -0.2) is 15.5 Å². The monoisotopic (exact) mass is 321 g/mol. The first kappa shape index (κ1) is 15.9. The van der Waals surface area contributed by atoms with E-state index in [1.165, 1.54) is 4.57 Å². The Morgan fingerprint density at radius 3 is 2.29 bits per heavy atom. The molecule has 1 unspecified atom stereocenters. The highest BCUT2D eigenvalue weighted by Gasteiger charge is 2.27. The fraction of sp³-hybridized carbons (Fsp3) is 0.211. The first-order chi connectivity index (χ1) is 11.5. The maximum atomic E-state index is 13.1. The van der Waals surface area contributed by atoms with Gasteiger partial charge in [-0.1, -0.05) is 56.3 Å². The highest BCUT2D eigenvalue weighted by Crippen LogP contribution is 2.25. The molecule has 24 heavy (non-hydrogen) atoms. The molecule has 0 saturated heterocycles. The Bertz CT molecular complexity index is 946. The molecule has 0 bridgehead atoms. The number of para-hydroxylation sites is 1. The largest absolute Gasteiger partial charge is 0.368 e. The molecule has 122 valence electrons. The Labute approximate surface area is 139 Å². The van der Waals surface area contributed by atoms with Gasteiger partial charge in [0.05, 0.1) is 10.9 Å². The van der Waals surface area contributed by atoms with E-state index in [-0.39, 0.29) is 11.5 Å². The lowest BCUT2D eigenvalue weighted by atomic mass is 10.0. The second-order valence-electron chi connectivity index (χ2n) is 6.08. The van der Waals surface area contributed by atoms with Gasteiger partial charge in [-0.2, -0.15) is 0 Å². The standard InChI is InChI=1S/C19H19N3O2/c1-12(2)16(17(20)23)22-18(13-8-4-3-5-9-13)21-15-11-7-6-10-14(15)19(22)24/h3-12,16H,1-2H3,(H2,20,23). The quantitative estimate of drug-likeness (QED) is 0.802. The third kappa shape index (κ3) is 2.69. The molecule has 3 rings (SSSR count). The maximum absolute atomic E-state index is 13.1. The lowest BCUT2D eigenvalue weighted by molar-refractivity contribution is -0.122. The van der Waals surface area contributed by atoms with Crippen LogP contribution in [0, 0.1) is 5.92 Å². The molecule has 5 nitrogen and oxygen atoms in total. The zero-order valence-electron chi connectivity index (χ0n) is 13.6. The molecule has 1 heterocycles.